The topological polar surface area (TPSA) is 93.2 Å². The minimum Gasteiger partial charge on any atom is -0.465 e. The third kappa shape index (κ3) is 4.70. The molecule has 1 amide bonds. The van der Waals surface area contributed by atoms with E-state index < -0.39 is 5.97 Å². The van der Waals surface area contributed by atoms with Crippen LogP contribution in [-0.4, -0.2) is 29.0 Å². The largest absolute Gasteiger partial charge is 0.465 e. The molecule has 3 aromatic rings. The van der Waals surface area contributed by atoms with Crippen molar-refractivity contribution in [3.05, 3.63) is 77.1 Å². The molecule has 142 valence electrons. The van der Waals surface area contributed by atoms with Crippen LogP contribution in [0.2, 0.25) is 0 Å². The molecule has 2 aromatic carbocycles. The van der Waals surface area contributed by atoms with Crippen molar-refractivity contribution < 1.29 is 14.3 Å². The predicted molar refractivity (Wildman–Crippen MR) is 107 cm³/mol. The summed E-state index contributed by atoms with van der Waals surface area (Å²) >= 11 is 0. The van der Waals surface area contributed by atoms with Crippen LogP contribution in [0.3, 0.4) is 0 Å². The smallest absolute Gasteiger partial charge is 0.337 e. The van der Waals surface area contributed by atoms with Crippen molar-refractivity contribution in [2.75, 3.05) is 17.7 Å². The van der Waals surface area contributed by atoms with Crippen LogP contribution < -0.4 is 10.6 Å². The van der Waals surface area contributed by atoms with Gasteiger partial charge in [-0.3, -0.25) is 4.79 Å². The minimum absolute atomic E-state index is 0.237. The molecule has 1 heterocycles. The van der Waals surface area contributed by atoms with Crippen LogP contribution in [0.25, 0.3) is 0 Å². The Morgan fingerprint density at radius 3 is 2.43 bits per heavy atom. The molecule has 0 aliphatic heterocycles. The molecule has 0 unspecified atom stereocenters. The predicted octanol–water partition coefficient (Wildman–Crippen LogP) is 3.88. The van der Waals surface area contributed by atoms with Gasteiger partial charge >= 0.3 is 5.97 Å². The summed E-state index contributed by atoms with van der Waals surface area (Å²) in [6, 6.07) is 15.9. The van der Waals surface area contributed by atoms with E-state index in [1.54, 1.807) is 37.3 Å². The van der Waals surface area contributed by atoms with Crippen LogP contribution in [0, 0.1) is 13.8 Å². The lowest BCUT2D eigenvalue weighted by atomic mass is 10.2. The fourth-order valence-corrected chi connectivity index (χ4v) is 2.63. The van der Waals surface area contributed by atoms with E-state index >= 15 is 0 Å². The maximum absolute atomic E-state index is 12.6. The average Bonchev–Trinajstić information content (AvgIpc) is 2.67. The van der Waals surface area contributed by atoms with Gasteiger partial charge in [0.25, 0.3) is 5.91 Å². The number of aromatic nitrogens is 2. The lowest BCUT2D eigenvalue weighted by Gasteiger charge is -2.10. The molecule has 0 spiro atoms. The number of aryl methyl sites for hydroxylation is 2. The summed E-state index contributed by atoms with van der Waals surface area (Å²) in [7, 11) is 1.32. The Morgan fingerprint density at radius 1 is 0.929 bits per heavy atom. The van der Waals surface area contributed by atoms with Gasteiger partial charge in [-0.05, 0) is 55.8 Å². The van der Waals surface area contributed by atoms with Crippen molar-refractivity contribution in [2.24, 2.45) is 0 Å². The molecule has 0 atom stereocenters. The molecule has 7 nitrogen and oxygen atoms in total. The van der Waals surface area contributed by atoms with Gasteiger partial charge in [-0.25, -0.2) is 14.8 Å². The molecule has 2 N–H and O–H groups in total. The van der Waals surface area contributed by atoms with Gasteiger partial charge in [-0.2, -0.15) is 0 Å². The van der Waals surface area contributed by atoms with E-state index in [1.165, 1.54) is 7.11 Å². The molecule has 0 bridgehead atoms. The second-order valence-electron chi connectivity index (χ2n) is 6.24. The molecule has 0 fully saturated rings. The van der Waals surface area contributed by atoms with Gasteiger partial charge in [-0.15, -0.1) is 0 Å². The Labute approximate surface area is 162 Å². The van der Waals surface area contributed by atoms with Crippen LogP contribution in [0.1, 0.15) is 32.1 Å². The highest BCUT2D eigenvalue weighted by atomic mass is 16.5. The maximum Gasteiger partial charge on any atom is 0.337 e. The molecule has 3 rings (SSSR count). The number of ether oxygens (including phenoxy) is 1. The molecule has 28 heavy (non-hydrogen) atoms. The molecule has 0 aliphatic carbocycles. The number of carbonyl (C=O) groups is 2. The number of hydrogen-bond acceptors (Lipinski definition) is 6. The van der Waals surface area contributed by atoms with Crippen molar-refractivity contribution in [3.8, 4) is 0 Å². The van der Waals surface area contributed by atoms with Gasteiger partial charge in [0.1, 0.15) is 5.69 Å². The fraction of sp³-hybridized carbons (Fsp3) is 0.143. The van der Waals surface area contributed by atoms with Gasteiger partial charge < -0.3 is 15.4 Å². The second-order valence-corrected chi connectivity index (χ2v) is 6.24. The van der Waals surface area contributed by atoms with Gasteiger partial charge in [0.15, 0.2) is 0 Å². The SMILES string of the molecule is COC(=O)c1cccc(Nc2nc(C)cc(C(=O)Nc3cccc(C)c3)n2)c1. The molecule has 7 heteroatoms. The third-order valence-corrected chi connectivity index (χ3v) is 3.90. The van der Waals surface area contributed by atoms with Crippen molar-refractivity contribution in [2.45, 2.75) is 13.8 Å². The summed E-state index contributed by atoms with van der Waals surface area (Å²) in [6.45, 7) is 3.73. The van der Waals surface area contributed by atoms with Crippen molar-refractivity contribution >= 4 is 29.2 Å². The highest BCUT2D eigenvalue weighted by Crippen LogP contribution is 2.17. The molecular formula is C21H20N4O3. The third-order valence-electron chi connectivity index (χ3n) is 3.90. The first-order chi connectivity index (χ1) is 13.4. The van der Waals surface area contributed by atoms with Crippen LogP contribution in [0.5, 0.6) is 0 Å². The molecule has 0 saturated carbocycles. The van der Waals surface area contributed by atoms with E-state index in [2.05, 4.69) is 20.6 Å². The van der Waals surface area contributed by atoms with Crippen LogP contribution >= 0.6 is 0 Å². The lowest BCUT2D eigenvalue weighted by molar-refractivity contribution is 0.0600. The normalized spacial score (nSPS) is 10.2. The van der Waals surface area contributed by atoms with E-state index in [-0.39, 0.29) is 17.5 Å². The first-order valence-corrected chi connectivity index (χ1v) is 8.64. The lowest BCUT2D eigenvalue weighted by Crippen LogP contribution is -2.15. The number of amides is 1. The summed E-state index contributed by atoms with van der Waals surface area (Å²) in [6.07, 6.45) is 0. The van der Waals surface area contributed by atoms with Crippen LogP contribution in [0.4, 0.5) is 17.3 Å². The Kier molecular flexibility index (Phi) is 5.64. The summed E-state index contributed by atoms with van der Waals surface area (Å²) in [5.41, 5.74) is 3.62. The minimum atomic E-state index is -0.438. The van der Waals surface area contributed by atoms with Gasteiger partial charge in [0, 0.05) is 17.1 Å². The highest BCUT2D eigenvalue weighted by Gasteiger charge is 2.12. The standard InChI is InChI=1S/C21H20N4O3/c1-13-6-4-8-16(10-13)23-19(26)18-11-14(2)22-21(25-18)24-17-9-5-7-15(12-17)20(27)28-3/h4-12H,1-3H3,(H,23,26)(H,22,24,25). The number of hydrogen-bond donors (Lipinski definition) is 2. The number of rotatable bonds is 5. The monoisotopic (exact) mass is 376 g/mol. The van der Waals surface area contributed by atoms with Crippen LogP contribution in [-0.2, 0) is 4.74 Å². The number of nitrogens with one attached hydrogen (secondary N) is 2. The van der Waals surface area contributed by atoms with E-state index in [1.807, 2.05) is 31.2 Å². The number of anilines is 3. The molecule has 1 aromatic heterocycles. The number of esters is 1. The molecule has 0 aliphatic rings. The Balaban J connectivity index is 1.81. The quantitative estimate of drug-likeness (QED) is 0.657. The summed E-state index contributed by atoms with van der Waals surface area (Å²) < 4.78 is 4.73. The zero-order valence-electron chi connectivity index (χ0n) is 15.8. The van der Waals surface area contributed by atoms with E-state index in [4.69, 9.17) is 4.74 Å². The first kappa shape index (κ1) is 19.0. The van der Waals surface area contributed by atoms with Crippen molar-refractivity contribution in [3.63, 3.8) is 0 Å². The molecular weight excluding hydrogens is 356 g/mol. The summed E-state index contributed by atoms with van der Waals surface area (Å²) in [4.78, 5) is 32.9. The fourth-order valence-electron chi connectivity index (χ4n) is 2.63. The average molecular weight is 376 g/mol. The molecule has 0 radical (unpaired) electrons. The van der Waals surface area contributed by atoms with Crippen LogP contribution in [0.15, 0.2) is 54.6 Å². The van der Waals surface area contributed by atoms with E-state index in [0.717, 1.165) is 5.56 Å². The Bertz CT molecular complexity index is 1030. The zero-order chi connectivity index (χ0) is 20.1. The summed E-state index contributed by atoms with van der Waals surface area (Å²) in [5, 5.41) is 5.85. The Hall–Kier alpha value is -3.74. The number of nitrogens with zero attached hydrogens (tertiary/aromatic N) is 2. The number of carbonyl (C=O) groups excluding carboxylic acids is 2. The molecule has 0 saturated heterocycles. The Morgan fingerprint density at radius 2 is 1.68 bits per heavy atom. The van der Waals surface area contributed by atoms with Crippen molar-refractivity contribution in [1.82, 2.24) is 9.97 Å². The number of benzene rings is 2. The zero-order valence-corrected chi connectivity index (χ0v) is 15.8. The number of methoxy groups -OCH3 is 1. The maximum atomic E-state index is 12.6. The van der Waals surface area contributed by atoms with E-state index in [0.29, 0.717) is 22.6 Å². The van der Waals surface area contributed by atoms with Crippen molar-refractivity contribution in [1.29, 1.82) is 0 Å². The highest BCUT2D eigenvalue weighted by molar-refractivity contribution is 6.03. The second kappa shape index (κ2) is 8.30. The van der Waals surface area contributed by atoms with Gasteiger partial charge in [0.2, 0.25) is 5.95 Å². The van der Waals surface area contributed by atoms with Gasteiger partial charge in [0.05, 0.1) is 12.7 Å². The van der Waals surface area contributed by atoms with E-state index in [9.17, 15) is 9.59 Å². The summed E-state index contributed by atoms with van der Waals surface area (Å²) in [5.74, 6) is -0.508. The first-order valence-electron chi connectivity index (χ1n) is 8.64. The van der Waals surface area contributed by atoms with Gasteiger partial charge in [-0.1, -0.05) is 18.2 Å².